The molecule has 2 aromatic carbocycles. The maximum Gasteiger partial charge on any atom is 0.407 e. The Morgan fingerprint density at radius 3 is 2.12 bits per heavy atom. The van der Waals surface area contributed by atoms with Gasteiger partial charge in [0.05, 0.1) is 0 Å². The van der Waals surface area contributed by atoms with Crippen molar-refractivity contribution < 1.29 is 24.2 Å². The van der Waals surface area contributed by atoms with Crippen LogP contribution in [0.3, 0.4) is 0 Å². The van der Waals surface area contributed by atoms with Crippen LogP contribution >= 0.6 is 0 Å². The minimum atomic E-state index is -0.892. The van der Waals surface area contributed by atoms with E-state index in [9.17, 15) is 14.4 Å². The highest BCUT2D eigenvalue weighted by atomic mass is 16.5. The first kappa shape index (κ1) is 25.3. The number of hydrogen-bond donors (Lipinski definition) is 3. The molecule has 0 saturated heterocycles. The molecule has 0 bridgehead atoms. The molecule has 0 spiro atoms. The number of carbonyl (C=O) groups is 3. The van der Waals surface area contributed by atoms with Crippen molar-refractivity contribution in [2.45, 2.75) is 52.0 Å². The van der Waals surface area contributed by atoms with Crippen LogP contribution in [0.4, 0.5) is 4.79 Å². The van der Waals surface area contributed by atoms with E-state index in [2.05, 4.69) is 34.9 Å². The average molecular weight is 467 g/mol. The molecule has 0 heterocycles. The number of amides is 2. The molecule has 2 aromatic rings. The molecule has 0 aliphatic heterocycles. The summed E-state index contributed by atoms with van der Waals surface area (Å²) in [6, 6.07) is 15.5. The third-order valence-electron chi connectivity index (χ3n) is 6.26. The molecule has 0 aromatic heterocycles. The third kappa shape index (κ3) is 6.37. The summed E-state index contributed by atoms with van der Waals surface area (Å²) >= 11 is 0. The second kappa shape index (κ2) is 11.7. The maximum absolute atomic E-state index is 12.8. The van der Waals surface area contributed by atoms with Gasteiger partial charge in [0, 0.05) is 18.9 Å². The number of carboxylic acids is 1. The number of nitrogens with one attached hydrogen (secondary N) is 2. The molecule has 2 atom stereocenters. The lowest BCUT2D eigenvalue weighted by molar-refractivity contribution is -0.138. The zero-order chi connectivity index (χ0) is 24.7. The largest absolute Gasteiger partial charge is 0.481 e. The Morgan fingerprint density at radius 1 is 1.00 bits per heavy atom. The van der Waals surface area contributed by atoms with Crippen molar-refractivity contribution in [3.63, 3.8) is 0 Å². The third-order valence-corrected chi connectivity index (χ3v) is 6.26. The number of alkyl carbamates (subject to hydrolysis) is 1. The topological polar surface area (TPSA) is 105 Å². The monoisotopic (exact) mass is 466 g/mol. The molecular formula is C27H34N2O5. The number of aliphatic carboxylic acids is 1. The van der Waals surface area contributed by atoms with Crippen molar-refractivity contribution in [3.05, 3.63) is 59.7 Å². The van der Waals surface area contributed by atoms with Gasteiger partial charge >= 0.3 is 12.1 Å². The molecule has 3 rings (SSSR count). The molecule has 3 N–H and O–H groups in total. The predicted molar refractivity (Wildman–Crippen MR) is 130 cm³/mol. The summed E-state index contributed by atoms with van der Waals surface area (Å²) in [4.78, 5) is 36.4. The van der Waals surface area contributed by atoms with Crippen molar-refractivity contribution in [2.24, 2.45) is 11.8 Å². The molecule has 0 saturated carbocycles. The van der Waals surface area contributed by atoms with Gasteiger partial charge in [0.15, 0.2) is 0 Å². The van der Waals surface area contributed by atoms with Gasteiger partial charge < -0.3 is 20.5 Å². The van der Waals surface area contributed by atoms with Crippen molar-refractivity contribution in [2.75, 3.05) is 13.2 Å². The summed E-state index contributed by atoms with van der Waals surface area (Å²) in [5, 5.41) is 14.5. The van der Waals surface area contributed by atoms with Gasteiger partial charge in [-0.25, -0.2) is 4.79 Å². The number of benzene rings is 2. The summed E-state index contributed by atoms with van der Waals surface area (Å²) in [7, 11) is 0. The van der Waals surface area contributed by atoms with Crippen LogP contribution < -0.4 is 10.6 Å². The Hall–Kier alpha value is -3.35. The number of carboxylic acid groups (broad SMARTS) is 1. The zero-order valence-electron chi connectivity index (χ0n) is 20.0. The normalized spacial score (nSPS) is 14.1. The van der Waals surface area contributed by atoms with E-state index in [-0.39, 0.29) is 43.2 Å². The summed E-state index contributed by atoms with van der Waals surface area (Å²) in [5.41, 5.74) is 4.54. The number of hydrogen-bond acceptors (Lipinski definition) is 4. The average Bonchev–Trinajstić information content (AvgIpc) is 3.13. The van der Waals surface area contributed by atoms with E-state index in [4.69, 9.17) is 9.84 Å². The van der Waals surface area contributed by atoms with Crippen molar-refractivity contribution >= 4 is 18.0 Å². The van der Waals surface area contributed by atoms with E-state index in [0.29, 0.717) is 12.8 Å². The van der Waals surface area contributed by atoms with E-state index in [0.717, 1.165) is 22.3 Å². The lowest BCUT2D eigenvalue weighted by Crippen LogP contribution is -2.48. The van der Waals surface area contributed by atoms with Crippen LogP contribution in [0, 0.1) is 11.8 Å². The van der Waals surface area contributed by atoms with E-state index in [1.54, 1.807) is 0 Å². The first-order chi connectivity index (χ1) is 16.3. The van der Waals surface area contributed by atoms with Crippen LogP contribution in [0.15, 0.2) is 48.5 Å². The summed E-state index contributed by atoms with van der Waals surface area (Å²) < 4.78 is 5.59. The quantitative estimate of drug-likeness (QED) is 0.450. The van der Waals surface area contributed by atoms with Crippen molar-refractivity contribution in [1.29, 1.82) is 0 Å². The molecule has 0 radical (unpaired) electrons. The molecule has 7 heteroatoms. The molecule has 1 aliphatic rings. The molecule has 34 heavy (non-hydrogen) atoms. The van der Waals surface area contributed by atoms with Gasteiger partial charge in [-0.3, -0.25) is 9.59 Å². The molecule has 0 fully saturated rings. The Balaban J connectivity index is 1.61. The SMILES string of the molecule is CCC(CNC(=O)[C@H](CC(C)C)NC(=O)OCC1c2ccccc2-c2ccccc21)CC(=O)O. The van der Waals surface area contributed by atoms with Gasteiger partial charge in [0.2, 0.25) is 5.91 Å². The number of carbonyl (C=O) groups excluding carboxylic acids is 2. The van der Waals surface area contributed by atoms with Crippen LogP contribution in [0.5, 0.6) is 0 Å². The smallest absolute Gasteiger partial charge is 0.407 e. The summed E-state index contributed by atoms with van der Waals surface area (Å²) in [5.74, 6) is -1.26. The predicted octanol–water partition coefficient (Wildman–Crippen LogP) is 4.56. The Kier molecular flexibility index (Phi) is 8.68. The van der Waals surface area contributed by atoms with Gasteiger partial charge in [0.1, 0.15) is 12.6 Å². The van der Waals surface area contributed by atoms with Gasteiger partial charge in [0.25, 0.3) is 0 Å². The van der Waals surface area contributed by atoms with Crippen LogP contribution in [0.2, 0.25) is 0 Å². The summed E-state index contributed by atoms with van der Waals surface area (Å²) in [6.45, 7) is 6.26. The lowest BCUT2D eigenvalue weighted by Gasteiger charge is -2.22. The second-order valence-corrected chi connectivity index (χ2v) is 9.27. The Bertz CT molecular complexity index is 974. The van der Waals surface area contributed by atoms with Crippen LogP contribution in [0.25, 0.3) is 11.1 Å². The first-order valence-corrected chi connectivity index (χ1v) is 11.9. The molecule has 1 aliphatic carbocycles. The maximum atomic E-state index is 12.8. The Labute approximate surface area is 200 Å². The fraction of sp³-hybridized carbons (Fsp3) is 0.444. The molecule has 182 valence electrons. The minimum absolute atomic E-state index is 0.00850. The minimum Gasteiger partial charge on any atom is -0.481 e. The van der Waals surface area contributed by atoms with Gasteiger partial charge in [-0.05, 0) is 40.5 Å². The van der Waals surface area contributed by atoms with E-state index >= 15 is 0 Å². The fourth-order valence-corrected chi connectivity index (χ4v) is 4.46. The zero-order valence-corrected chi connectivity index (χ0v) is 20.0. The van der Waals surface area contributed by atoms with Crippen LogP contribution in [0.1, 0.15) is 57.1 Å². The number of rotatable bonds is 11. The van der Waals surface area contributed by atoms with E-state index in [1.165, 1.54) is 0 Å². The van der Waals surface area contributed by atoms with E-state index in [1.807, 2.05) is 45.0 Å². The second-order valence-electron chi connectivity index (χ2n) is 9.27. The molecule has 2 amide bonds. The van der Waals surface area contributed by atoms with Gasteiger partial charge in [-0.2, -0.15) is 0 Å². The highest BCUT2D eigenvalue weighted by molar-refractivity contribution is 5.85. The van der Waals surface area contributed by atoms with Crippen LogP contribution in [-0.4, -0.2) is 42.3 Å². The molecule has 1 unspecified atom stereocenters. The highest BCUT2D eigenvalue weighted by Crippen LogP contribution is 2.44. The van der Waals surface area contributed by atoms with Crippen molar-refractivity contribution in [3.8, 4) is 11.1 Å². The van der Waals surface area contributed by atoms with Gasteiger partial charge in [-0.1, -0.05) is 75.7 Å². The fourth-order valence-electron chi connectivity index (χ4n) is 4.46. The molecule has 7 nitrogen and oxygen atoms in total. The first-order valence-electron chi connectivity index (χ1n) is 11.9. The Morgan fingerprint density at radius 2 is 1.59 bits per heavy atom. The van der Waals surface area contributed by atoms with Gasteiger partial charge in [-0.15, -0.1) is 0 Å². The number of ether oxygens (including phenoxy) is 1. The van der Waals surface area contributed by atoms with E-state index < -0.39 is 18.1 Å². The van der Waals surface area contributed by atoms with Crippen LogP contribution in [-0.2, 0) is 14.3 Å². The standard InChI is InChI=1S/C27H34N2O5/c1-4-18(14-25(30)31)15-28-26(32)24(13-17(2)3)29-27(33)34-16-23-21-11-7-5-9-19(21)20-10-6-8-12-22(20)23/h5-12,17-18,23-24H,4,13-16H2,1-3H3,(H,28,32)(H,29,33)(H,30,31)/t18?,24-/m0/s1. The van der Waals surface area contributed by atoms with Crippen molar-refractivity contribution in [1.82, 2.24) is 10.6 Å². The summed E-state index contributed by atoms with van der Waals surface area (Å²) in [6.07, 6.45) is 0.443. The number of fused-ring (bicyclic) bond motifs is 3. The highest BCUT2D eigenvalue weighted by Gasteiger charge is 2.30. The molecular weight excluding hydrogens is 432 g/mol. The lowest BCUT2D eigenvalue weighted by atomic mass is 9.98.